The predicted molar refractivity (Wildman–Crippen MR) is 101 cm³/mol. The van der Waals surface area contributed by atoms with Crippen LogP contribution in [0.4, 0.5) is 4.39 Å². The standard InChI is InChI=1S/C18H12ClFN2O2.C2H6/c19-12-9-16(22-17(10-12)18(21)23)11-1-5-14(6-2-11)24-15-7-3-13(20)4-8-15;1-2/h1-10H,(H2,21,23);1-2H3. The minimum Gasteiger partial charge on any atom is -0.457 e. The molecule has 0 spiro atoms. The van der Waals surface area contributed by atoms with Crippen LogP contribution in [0.1, 0.15) is 24.3 Å². The van der Waals surface area contributed by atoms with E-state index < -0.39 is 5.91 Å². The maximum Gasteiger partial charge on any atom is 0.267 e. The van der Waals surface area contributed by atoms with Crippen LogP contribution in [-0.4, -0.2) is 10.9 Å². The fourth-order valence-corrected chi connectivity index (χ4v) is 2.31. The topological polar surface area (TPSA) is 65.2 Å². The highest BCUT2D eigenvalue weighted by Crippen LogP contribution is 2.26. The number of hydrogen-bond donors (Lipinski definition) is 1. The van der Waals surface area contributed by atoms with Crippen molar-refractivity contribution >= 4 is 17.5 Å². The molecular formula is C20H18ClFN2O2. The molecule has 26 heavy (non-hydrogen) atoms. The number of primary amides is 1. The average molecular weight is 373 g/mol. The van der Waals surface area contributed by atoms with E-state index >= 15 is 0 Å². The lowest BCUT2D eigenvalue weighted by atomic mass is 10.1. The van der Waals surface area contributed by atoms with Crippen molar-refractivity contribution in [2.75, 3.05) is 0 Å². The van der Waals surface area contributed by atoms with Gasteiger partial charge in [0.1, 0.15) is 23.0 Å². The Kier molecular flexibility index (Phi) is 6.69. The number of nitrogens with zero attached hydrogens (tertiary/aromatic N) is 1. The summed E-state index contributed by atoms with van der Waals surface area (Å²) < 4.78 is 18.5. The molecule has 2 aromatic carbocycles. The molecule has 3 rings (SSSR count). The van der Waals surface area contributed by atoms with Crippen molar-refractivity contribution in [3.8, 4) is 22.8 Å². The summed E-state index contributed by atoms with van der Waals surface area (Å²) in [5, 5.41) is 0.375. The van der Waals surface area contributed by atoms with Crippen molar-refractivity contribution < 1.29 is 13.9 Å². The molecule has 2 N–H and O–H groups in total. The van der Waals surface area contributed by atoms with Gasteiger partial charge in [-0.15, -0.1) is 0 Å². The second-order valence-corrected chi connectivity index (χ2v) is 5.44. The third kappa shape index (κ3) is 5.04. The van der Waals surface area contributed by atoms with E-state index in [1.165, 1.54) is 18.2 Å². The number of amides is 1. The Morgan fingerprint density at radius 1 is 1.00 bits per heavy atom. The first-order chi connectivity index (χ1) is 12.5. The quantitative estimate of drug-likeness (QED) is 0.661. The van der Waals surface area contributed by atoms with Crippen molar-refractivity contribution in [1.29, 1.82) is 0 Å². The lowest BCUT2D eigenvalue weighted by Crippen LogP contribution is -2.13. The van der Waals surface area contributed by atoms with E-state index in [0.29, 0.717) is 22.2 Å². The van der Waals surface area contributed by atoms with Crippen LogP contribution in [0.5, 0.6) is 11.5 Å². The maximum atomic E-state index is 12.9. The maximum absolute atomic E-state index is 12.9. The summed E-state index contributed by atoms with van der Waals surface area (Å²) in [6, 6.07) is 15.8. The average Bonchev–Trinajstić information content (AvgIpc) is 2.65. The number of pyridine rings is 1. The van der Waals surface area contributed by atoms with Gasteiger partial charge in [-0.05, 0) is 60.7 Å². The molecule has 0 unspecified atom stereocenters. The molecule has 1 heterocycles. The molecule has 0 aliphatic rings. The molecule has 0 saturated heterocycles. The molecule has 0 atom stereocenters. The molecule has 1 aromatic heterocycles. The van der Waals surface area contributed by atoms with Gasteiger partial charge >= 0.3 is 0 Å². The molecule has 1 amide bonds. The predicted octanol–water partition coefficient (Wildman–Crippen LogP) is 5.46. The highest BCUT2D eigenvalue weighted by molar-refractivity contribution is 6.31. The van der Waals surface area contributed by atoms with E-state index in [9.17, 15) is 9.18 Å². The van der Waals surface area contributed by atoms with Gasteiger partial charge in [0.05, 0.1) is 5.69 Å². The molecule has 0 radical (unpaired) electrons. The Bertz CT molecular complexity index is 881. The first kappa shape index (κ1) is 19.4. The van der Waals surface area contributed by atoms with Crippen molar-refractivity contribution in [3.63, 3.8) is 0 Å². The molecule has 0 aliphatic carbocycles. The van der Waals surface area contributed by atoms with Gasteiger partial charge < -0.3 is 10.5 Å². The van der Waals surface area contributed by atoms with Crippen LogP contribution in [0.3, 0.4) is 0 Å². The number of hydrogen-bond acceptors (Lipinski definition) is 3. The van der Waals surface area contributed by atoms with Crippen molar-refractivity contribution in [1.82, 2.24) is 4.98 Å². The van der Waals surface area contributed by atoms with Gasteiger partial charge in [0.15, 0.2) is 0 Å². The van der Waals surface area contributed by atoms with E-state index in [1.54, 1.807) is 42.5 Å². The molecular weight excluding hydrogens is 355 g/mol. The summed E-state index contributed by atoms with van der Waals surface area (Å²) in [5.74, 6) is 0.147. The minimum absolute atomic E-state index is 0.101. The number of benzene rings is 2. The lowest BCUT2D eigenvalue weighted by molar-refractivity contribution is 0.0995. The lowest BCUT2D eigenvalue weighted by Gasteiger charge is -2.08. The summed E-state index contributed by atoms with van der Waals surface area (Å²) in [4.78, 5) is 15.5. The third-order valence-electron chi connectivity index (χ3n) is 3.24. The molecule has 3 aromatic rings. The Morgan fingerprint density at radius 2 is 1.54 bits per heavy atom. The number of aromatic nitrogens is 1. The van der Waals surface area contributed by atoms with Crippen molar-refractivity contribution in [2.45, 2.75) is 13.8 Å². The Balaban J connectivity index is 0.00000117. The third-order valence-corrected chi connectivity index (χ3v) is 3.46. The van der Waals surface area contributed by atoms with Crippen LogP contribution < -0.4 is 10.5 Å². The van der Waals surface area contributed by atoms with Gasteiger partial charge in [0.25, 0.3) is 5.91 Å². The molecule has 0 bridgehead atoms. The Labute approximate surface area is 156 Å². The monoisotopic (exact) mass is 372 g/mol. The van der Waals surface area contributed by atoms with Crippen LogP contribution in [0.15, 0.2) is 60.7 Å². The fraction of sp³-hybridized carbons (Fsp3) is 0.100. The number of carbonyl (C=O) groups excluding carboxylic acids is 1. The van der Waals surface area contributed by atoms with Crippen molar-refractivity contribution in [3.05, 3.63) is 77.2 Å². The molecule has 134 valence electrons. The van der Waals surface area contributed by atoms with Gasteiger partial charge in [-0.3, -0.25) is 4.79 Å². The Morgan fingerprint density at radius 3 is 2.08 bits per heavy atom. The number of ether oxygens (including phenoxy) is 1. The normalized spacial score (nSPS) is 9.85. The smallest absolute Gasteiger partial charge is 0.267 e. The minimum atomic E-state index is -0.644. The van der Waals surface area contributed by atoms with Gasteiger partial charge in [-0.25, -0.2) is 9.37 Å². The summed E-state index contributed by atoms with van der Waals surface area (Å²) in [5.41, 5.74) is 6.63. The zero-order chi connectivity index (χ0) is 19.1. The number of rotatable bonds is 4. The summed E-state index contributed by atoms with van der Waals surface area (Å²) in [6.07, 6.45) is 0. The number of carbonyl (C=O) groups is 1. The number of nitrogens with two attached hydrogens (primary N) is 1. The van der Waals surface area contributed by atoms with E-state index in [1.807, 2.05) is 13.8 Å². The first-order valence-corrected chi connectivity index (χ1v) is 8.40. The first-order valence-electron chi connectivity index (χ1n) is 8.02. The van der Waals surface area contributed by atoms with Crippen LogP contribution in [0, 0.1) is 5.82 Å². The Hall–Kier alpha value is -2.92. The van der Waals surface area contributed by atoms with Crippen LogP contribution in [0.2, 0.25) is 5.02 Å². The van der Waals surface area contributed by atoms with E-state index in [2.05, 4.69) is 4.98 Å². The summed E-state index contributed by atoms with van der Waals surface area (Å²) >= 11 is 5.99. The molecule has 0 saturated carbocycles. The van der Waals surface area contributed by atoms with E-state index in [4.69, 9.17) is 22.1 Å². The van der Waals surface area contributed by atoms with E-state index in [0.717, 1.165) is 5.56 Å². The fourth-order valence-electron chi connectivity index (χ4n) is 2.10. The second-order valence-electron chi connectivity index (χ2n) is 5.00. The molecule has 6 heteroatoms. The van der Waals surface area contributed by atoms with Gasteiger partial charge in [0, 0.05) is 10.6 Å². The van der Waals surface area contributed by atoms with Crippen molar-refractivity contribution in [2.24, 2.45) is 5.73 Å². The highest BCUT2D eigenvalue weighted by Gasteiger charge is 2.08. The zero-order valence-electron chi connectivity index (χ0n) is 14.4. The largest absolute Gasteiger partial charge is 0.457 e. The van der Waals surface area contributed by atoms with Gasteiger partial charge in [-0.2, -0.15) is 0 Å². The molecule has 0 fully saturated rings. The summed E-state index contributed by atoms with van der Waals surface area (Å²) in [7, 11) is 0. The summed E-state index contributed by atoms with van der Waals surface area (Å²) in [6.45, 7) is 4.00. The highest BCUT2D eigenvalue weighted by atomic mass is 35.5. The second kappa shape index (κ2) is 8.97. The molecule has 0 aliphatic heterocycles. The van der Waals surface area contributed by atoms with Gasteiger partial charge in [0.2, 0.25) is 0 Å². The van der Waals surface area contributed by atoms with Crippen LogP contribution >= 0.6 is 11.6 Å². The number of halogens is 2. The van der Waals surface area contributed by atoms with Gasteiger partial charge in [-0.1, -0.05) is 25.4 Å². The zero-order valence-corrected chi connectivity index (χ0v) is 15.1. The SMILES string of the molecule is CC.NC(=O)c1cc(Cl)cc(-c2ccc(Oc3ccc(F)cc3)cc2)n1. The van der Waals surface area contributed by atoms with E-state index in [-0.39, 0.29) is 11.5 Å². The van der Waals surface area contributed by atoms with Crippen LogP contribution in [0.25, 0.3) is 11.3 Å². The molecule has 4 nitrogen and oxygen atoms in total. The van der Waals surface area contributed by atoms with Crippen LogP contribution in [-0.2, 0) is 0 Å².